The molecule has 1 saturated carbocycles. The first-order chi connectivity index (χ1) is 50.2. The summed E-state index contributed by atoms with van der Waals surface area (Å²) in [7, 11) is 1.58. The van der Waals surface area contributed by atoms with E-state index in [4.69, 9.17) is 9.84 Å². The SMILES string of the molecule is COc1ccc(CCCC(O)NCC(=O)N[C@@H](CCCCNC(=O)CN2CCN(CC(=O)O)CCN(CC(=O)O)CCN(CC(=O)O)CC2)C(=O)NCC2CCC(C(=O)N[C@@H](Cc3c4ccccc4cc4ccccc34)C(=O)NCCCC[C@H](NC(=O)N[C@@H](C[C@@H](F)C(=O)O)C(=O)O)C(=O)O)CC2)cc1. The summed E-state index contributed by atoms with van der Waals surface area (Å²) in [6.45, 7) is 0.840. The van der Waals surface area contributed by atoms with E-state index in [1.54, 1.807) is 26.7 Å². The summed E-state index contributed by atoms with van der Waals surface area (Å²) in [5, 5.41) is 92.6. The lowest BCUT2D eigenvalue weighted by Gasteiger charge is -2.32. The van der Waals surface area contributed by atoms with Gasteiger partial charge in [-0.2, -0.15) is 0 Å². The van der Waals surface area contributed by atoms with Crippen molar-refractivity contribution in [3.63, 3.8) is 0 Å². The first-order valence-electron chi connectivity index (χ1n) is 35.5. The van der Waals surface area contributed by atoms with Crippen molar-refractivity contribution in [3.8, 4) is 5.75 Å². The number of aliphatic hydroxyl groups excluding tert-OH is 1. The highest BCUT2D eigenvalue weighted by Gasteiger charge is 2.33. The maximum absolute atomic E-state index is 14.4. The van der Waals surface area contributed by atoms with Crippen LogP contribution in [-0.2, 0) is 65.6 Å². The molecule has 2 fully saturated rings. The van der Waals surface area contributed by atoms with E-state index in [2.05, 4.69) is 37.2 Å². The van der Waals surface area contributed by atoms with Crippen LogP contribution < -0.4 is 47.3 Å². The van der Waals surface area contributed by atoms with E-state index in [0.29, 0.717) is 57.8 Å². The van der Waals surface area contributed by atoms with Gasteiger partial charge in [0.15, 0.2) is 6.17 Å². The Morgan fingerprint density at radius 1 is 0.514 bits per heavy atom. The largest absolute Gasteiger partial charge is 0.497 e. The Labute approximate surface area is 607 Å². The Morgan fingerprint density at radius 3 is 1.52 bits per heavy atom. The molecule has 1 heterocycles. The zero-order valence-electron chi connectivity index (χ0n) is 59.1. The third-order valence-electron chi connectivity index (χ3n) is 18.7. The number of alkyl halides is 1. The average molecular weight is 1470 g/mol. The molecule has 15 N–H and O–H groups in total. The maximum Gasteiger partial charge on any atom is 0.338 e. The van der Waals surface area contributed by atoms with Crippen LogP contribution in [0.3, 0.4) is 0 Å². The minimum absolute atomic E-state index is 0.0162. The van der Waals surface area contributed by atoms with Crippen molar-refractivity contribution in [2.24, 2.45) is 11.8 Å². The zero-order valence-corrected chi connectivity index (χ0v) is 59.1. The van der Waals surface area contributed by atoms with E-state index < -0.39 is 108 Å². The summed E-state index contributed by atoms with van der Waals surface area (Å²) in [6, 6.07) is 18.0. The highest BCUT2D eigenvalue weighted by atomic mass is 19.1. The molecule has 0 spiro atoms. The fraction of sp³-hybridized carbons (Fsp3) is 0.556. The second-order valence-electron chi connectivity index (χ2n) is 26.6. The monoisotopic (exact) mass is 1470 g/mol. The van der Waals surface area contributed by atoms with Gasteiger partial charge in [0.05, 0.1) is 39.8 Å². The van der Waals surface area contributed by atoms with Gasteiger partial charge in [0.2, 0.25) is 29.5 Å². The van der Waals surface area contributed by atoms with E-state index in [-0.39, 0.29) is 155 Å². The van der Waals surface area contributed by atoms with Crippen LogP contribution in [0.1, 0.15) is 94.6 Å². The number of carbonyl (C=O) groups is 12. The minimum Gasteiger partial charge on any atom is -0.497 e. The normalized spacial score (nSPS) is 17.5. The molecule has 32 nitrogen and oxygen atoms in total. The number of hydrogen-bond acceptors (Lipinski definition) is 19. The van der Waals surface area contributed by atoms with Gasteiger partial charge in [-0.1, -0.05) is 60.7 Å². The van der Waals surface area contributed by atoms with E-state index in [1.807, 2.05) is 84.2 Å². The number of benzene rings is 4. The molecule has 33 heteroatoms. The smallest absolute Gasteiger partial charge is 0.338 e. The van der Waals surface area contributed by atoms with E-state index in [0.717, 1.165) is 38.4 Å². The lowest BCUT2D eigenvalue weighted by molar-refractivity contribution is -0.145. The summed E-state index contributed by atoms with van der Waals surface area (Å²) < 4.78 is 19.0. The number of hydrogen-bond donors (Lipinski definition) is 15. The number of urea groups is 1. The number of aliphatic hydroxyl groups is 1. The fourth-order valence-corrected chi connectivity index (χ4v) is 12.8. The molecule has 1 saturated heterocycles. The Bertz CT molecular complexity index is 3480. The van der Waals surface area contributed by atoms with Crippen LogP contribution >= 0.6 is 0 Å². The number of carboxylic acids is 6. The van der Waals surface area contributed by atoms with Crippen LogP contribution in [0.4, 0.5) is 9.18 Å². The predicted molar refractivity (Wildman–Crippen MR) is 381 cm³/mol. The summed E-state index contributed by atoms with van der Waals surface area (Å²) in [5.74, 6) is -10.5. The summed E-state index contributed by atoms with van der Waals surface area (Å²) in [6.07, 6.45) is -0.168. The van der Waals surface area contributed by atoms with Gasteiger partial charge in [-0.3, -0.25) is 63.3 Å². The van der Waals surface area contributed by atoms with Gasteiger partial charge in [-0.25, -0.2) is 23.6 Å². The summed E-state index contributed by atoms with van der Waals surface area (Å²) >= 11 is 0. The number of rotatable bonds is 42. The average Bonchev–Trinajstić information content (AvgIpc) is 0.773. The number of carboxylic acid groups (broad SMARTS) is 6. The Balaban J connectivity index is 1.05. The third kappa shape index (κ3) is 30.5. The van der Waals surface area contributed by atoms with Crippen LogP contribution in [0.2, 0.25) is 0 Å². The first kappa shape index (κ1) is 84.3. The third-order valence-corrected chi connectivity index (χ3v) is 18.7. The van der Waals surface area contributed by atoms with Crippen LogP contribution in [-0.4, -0.2) is 275 Å². The maximum atomic E-state index is 14.4. The van der Waals surface area contributed by atoms with Crippen LogP contribution in [0.5, 0.6) is 5.75 Å². The standard InChI is InChI=1S/C72H101FN12O20/c1-105-51-25-21-46(22-26-51)11-10-18-60(86)76-41-61(87)78-56(16-6-8-27-74-62(88)42-82-29-31-83(43-63(89)90)33-35-85(45-65(93)94)36-34-84(32-30-82)44-64(91)92)67(96)77-40-47-19-23-48(24-20-47)66(95)79-58(38-54-52-14-4-2-12-49(52)37-50-13-3-5-15-53(50)54)68(97)75-28-9-7-17-57(70(100)101)80-72(104)81-59(71(102)103)39-55(73)69(98)99/h2-5,12-15,21-22,25-26,37,47-48,55-60,76,86H,6-11,16-20,23-24,27-36,38-45H2,1H3,(H,74,88)(H,75,97)(H,77,96)(H,78,87)(H,79,95)(H,89,90)(H,91,92)(H,93,94)(H,98,99)(H,100,101)(H,102,103)(H2,80,81,104)/t47?,48?,55-,56+,57+,58+,59+,60?/m1/s1. The lowest BCUT2D eigenvalue weighted by Crippen LogP contribution is -2.52. The number of aliphatic carboxylic acids is 6. The molecule has 2 aliphatic rings. The zero-order chi connectivity index (χ0) is 76.4. The van der Waals surface area contributed by atoms with E-state index in [9.17, 15) is 92.6 Å². The molecule has 576 valence electrons. The van der Waals surface area contributed by atoms with Gasteiger partial charge in [0, 0.05) is 90.8 Å². The molecular weight excluding hydrogens is 1370 g/mol. The van der Waals surface area contributed by atoms with Gasteiger partial charge >= 0.3 is 41.8 Å². The molecule has 4 aromatic rings. The summed E-state index contributed by atoms with van der Waals surface area (Å²) in [5.41, 5.74) is 1.85. The number of nitrogens with one attached hydrogen (secondary N) is 8. The quantitative estimate of drug-likeness (QED) is 0.0169. The number of nitrogens with zero attached hydrogens (tertiary/aromatic N) is 4. The molecule has 1 unspecified atom stereocenters. The molecule has 0 bridgehead atoms. The second-order valence-corrected chi connectivity index (χ2v) is 26.6. The van der Waals surface area contributed by atoms with Crippen molar-refractivity contribution >= 4 is 92.9 Å². The molecule has 0 aromatic heterocycles. The molecule has 6 rings (SSSR count). The van der Waals surface area contributed by atoms with Crippen molar-refractivity contribution in [1.82, 2.24) is 62.1 Å². The molecule has 7 amide bonds. The van der Waals surface area contributed by atoms with Gasteiger partial charge in [0.1, 0.15) is 36.1 Å². The Hall–Kier alpha value is -9.67. The van der Waals surface area contributed by atoms with E-state index in [1.165, 1.54) is 0 Å². The highest BCUT2D eigenvalue weighted by Crippen LogP contribution is 2.32. The number of methoxy groups -OCH3 is 1. The fourth-order valence-electron chi connectivity index (χ4n) is 12.8. The van der Waals surface area contributed by atoms with Crippen LogP contribution in [0, 0.1) is 11.8 Å². The molecule has 0 radical (unpaired) electrons. The number of amides is 7. The topological polar surface area (TPSA) is 465 Å². The second kappa shape index (κ2) is 44.2. The molecule has 4 aromatic carbocycles. The number of aryl methyl sites for hydroxylation is 1. The van der Waals surface area contributed by atoms with Gasteiger partial charge < -0.3 is 77.7 Å². The Kier molecular flexibility index (Phi) is 35.5. The van der Waals surface area contributed by atoms with Gasteiger partial charge in [0.25, 0.3) is 0 Å². The van der Waals surface area contributed by atoms with Crippen molar-refractivity contribution in [3.05, 3.63) is 90.0 Å². The lowest BCUT2D eigenvalue weighted by atomic mass is 9.81. The van der Waals surface area contributed by atoms with Crippen molar-refractivity contribution in [2.45, 2.75) is 133 Å². The van der Waals surface area contributed by atoms with Gasteiger partial charge in [-0.15, -0.1) is 0 Å². The first-order valence-corrected chi connectivity index (χ1v) is 35.5. The number of ether oxygens (including phenoxy) is 1. The minimum atomic E-state index is -2.62. The van der Waals surface area contributed by atoms with Crippen molar-refractivity contribution < 1.29 is 102 Å². The molecular formula is C72H101FN12O20. The number of halogens is 1. The number of fused-ring (bicyclic) bond motifs is 2. The van der Waals surface area contributed by atoms with E-state index >= 15 is 0 Å². The van der Waals surface area contributed by atoms with Crippen molar-refractivity contribution in [2.75, 3.05) is 112 Å². The summed E-state index contributed by atoms with van der Waals surface area (Å²) in [4.78, 5) is 159. The molecule has 105 heavy (non-hydrogen) atoms. The Morgan fingerprint density at radius 2 is 1.01 bits per heavy atom. The molecule has 1 aliphatic heterocycles. The number of unbranched alkanes of at least 4 members (excludes halogenated alkanes) is 2. The predicted octanol–water partition coefficient (Wildman–Crippen LogP) is 1.43. The molecule has 1 aliphatic carbocycles. The number of carbonyl (C=O) groups excluding carboxylic acids is 6. The van der Waals surface area contributed by atoms with Crippen LogP contribution in [0.15, 0.2) is 78.9 Å². The molecule has 6 atom stereocenters. The van der Waals surface area contributed by atoms with Crippen LogP contribution in [0.25, 0.3) is 21.5 Å². The van der Waals surface area contributed by atoms with Crippen molar-refractivity contribution in [1.29, 1.82) is 0 Å². The van der Waals surface area contributed by atoms with Gasteiger partial charge in [-0.05, 0) is 140 Å². The highest BCUT2D eigenvalue weighted by molar-refractivity contribution is 6.03.